The summed E-state index contributed by atoms with van der Waals surface area (Å²) in [7, 11) is 0. The van der Waals surface area contributed by atoms with Crippen LogP contribution in [0.5, 0.6) is 0 Å². The SMILES string of the molecule is CCNC(=O)C(C)NC(=O)CCC(C)CN. The normalized spacial score (nSPS) is 14.0. The Hall–Kier alpha value is -1.10. The summed E-state index contributed by atoms with van der Waals surface area (Å²) in [6.45, 7) is 6.67. The summed E-state index contributed by atoms with van der Waals surface area (Å²) in [4.78, 5) is 22.8. The van der Waals surface area contributed by atoms with Crippen LogP contribution < -0.4 is 16.4 Å². The molecule has 0 rings (SSSR count). The number of hydrogen-bond acceptors (Lipinski definition) is 3. The van der Waals surface area contributed by atoms with Gasteiger partial charge in [-0.15, -0.1) is 0 Å². The number of nitrogens with two attached hydrogens (primary N) is 1. The monoisotopic (exact) mass is 229 g/mol. The molecule has 0 saturated carbocycles. The average molecular weight is 229 g/mol. The van der Waals surface area contributed by atoms with E-state index in [1.807, 2.05) is 13.8 Å². The summed E-state index contributed by atoms with van der Waals surface area (Å²) in [5.41, 5.74) is 5.45. The molecule has 94 valence electrons. The minimum Gasteiger partial charge on any atom is -0.355 e. The van der Waals surface area contributed by atoms with Crippen LogP contribution in [0, 0.1) is 5.92 Å². The summed E-state index contributed by atoms with van der Waals surface area (Å²) >= 11 is 0. The van der Waals surface area contributed by atoms with E-state index in [0.29, 0.717) is 25.4 Å². The zero-order chi connectivity index (χ0) is 12.6. The molecule has 4 N–H and O–H groups in total. The Bertz CT molecular complexity index is 231. The third-order valence-corrected chi connectivity index (χ3v) is 2.39. The number of nitrogens with one attached hydrogen (secondary N) is 2. The molecule has 0 radical (unpaired) electrons. The molecule has 5 nitrogen and oxygen atoms in total. The highest BCUT2D eigenvalue weighted by molar-refractivity contribution is 5.87. The zero-order valence-electron chi connectivity index (χ0n) is 10.4. The molecule has 0 heterocycles. The number of rotatable bonds is 7. The van der Waals surface area contributed by atoms with Crippen LogP contribution in [-0.4, -0.2) is 30.9 Å². The Morgan fingerprint density at radius 3 is 2.44 bits per heavy atom. The van der Waals surface area contributed by atoms with Crippen molar-refractivity contribution < 1.29 is 9.59 Å². The first kappa shape index (κ1) is 14.9. The molecule has 0 fully saturated rings. The number of likely N-dealkylation sites (N-methyl/N-ethyl adjacent to an activating group) is 1. The highest BCUT2D eigenvalue weighted by Crippen LogP contribution is 2.02. The van der Waals surface area contributed by atoms with Gasteiger partial charge in [-0.25, -0.2) is 0 Å². The molecule has 5 heteroatoms. The third kappa shape index (κ3) is 6.40. The van der Waals surface area contributed by atoms with Gasteiger partial charge in [-0.3, -0.25) is 9.59 Å². The Kier molecular flexibility index (Phi) is 7.54. The van der Waals surface area contributed by atoms with Gasteiger partial charge in [0, 0.05) is 13.0 Å². The molecule has 2 atom stereocenters. The van der Waals surface area contributed by atoms with Gasteiger partial charge in [-0.1, -0.05) is 6.92 Å². The van der Waals surface area contributed by atoms with Crippen molar-refractivity contribution in [2.75, 3.05) is 13.1 Å². The summed E-state index contributed by atoms with van der Waals surface area (Å²) in [6.07, 6.45) is 1.17. The molecule has 0 aliphatic carbocycles. The maximum absolute atomic E-state index is 11.5. The second-order valence-corrected chi connectivity index (χ2v) is 4.06. The molecule has 0 bridgehead atoms. The lowest BCUT2D eigenvalue weighted by Gasteiger charge is -2.14. The largest absolute Gasteiger partial charge is 0.355 e. The molecule has 0 spiro atoms. The molecule has 2 unspecified atom stereocenters. The van der Waals surface area contributed by atoms with Crippen molar-refractivity contribution in [1.82, 2.24) is 10.6 Å². The Morgan fingerprint density at radius 2 is 1.94 bits per heavy atom. The average Bonchev–Trinajstić information content (AvgIpc) is 2.26. The molecular weight excluding hydrogens is 206 g/mol. The van der Waals surface area contributed by atoms with E-state index in [2.05, 4.69) is 10.6 Å². The van der Waals surface area contributed by atoms with Gasteiger partial charge in [0.05, 0.1) is 0 Å². The second kappa shape index (κ2) is 8.10. The highest BCUT2D eigenvalue weighted by atomic mass is 16.2. The van der Waals surface area contributed by atoms with Gasteiger partial charge in [0.2, 0.25) is 11.8 Å². The van der Waals surface area contributed by atoms with E-state index in [4.69, 9.17) is 5.73 Å². The van der Waals surface area contributed by atoms with Gasteiger partial charge in [-0.05, 0) is 32.7 Å². The third-order valence-electron chi connectivity index (χ3n) is 2.39. The summed E-state index contributed by atoms with van der Waals surface area (Å²) < 4.78 is 0. The highest BCUT2D eigenvalue weighted by Gasteiger charge is 2.14. The first-order valence-corrected chi connectivity index (χ1v) is 5.78. The molecule has 2 amide bonds. The lowest BCUT2D eigenvalue weighted by atomic mass is 10.1. The smallest absolute Gasteiger partial charge is 0.242 e. The van der Waals surface area contributed by atoms with Crippen LogP contribution >= 0.6 is 0 Å². The van der Waals surface area contributed by atoms with Crippen molar-refractivity contribution in [1.29, 1.82) is 0 Å². The van der Waals surface area contributed by atoms with Crippen molar-refractivity contribution in [3.8, 4) is 0 Å². The molecule has 0 aliphatic heterocycles. The van der Waals surface area contributed by atoms with Crippen molar-refractivity contribution in [3.63, 3.8) is 0 Å². The van der Waals surface area contributed by atoms with E-state index in [9.17, 15) is 9.59 Å². The summed E-state index contributed by atoms with van der Waals surface area (Å²) in [6, 6.07) is -0.472. The van der Waals surface area contributed by atoms with E-state index in [1.165, 1.54) is 0 Å². The topological polar surface area (TPSA) is 84.2 Å². The maximum Gasteiger partial charge on any atom is 0.242 e. The van der Waals surface area contributed by atoms with E-state index >= 15 is 0 Å². The number of carbonyl (C=O) groups is 2. The van der Waals surface area contributed by atoms with Crippen LogP contribution in [0.25, 0.3) is 0 Å². The van der Waals surface area contributed by atoms with Crippen molar-refractivity contribution in [2.24, 2.45) is 11.7 Å². The fourth-order valence-electron chi connectivity index (χ4n) is 1.20. The van der Waals surface area contributed by atoms with Crippen LogP contribution in [0.3, 0.4) is 0 Å². The summed E-state index contributed by atoms with van der Waals surface area (Å²) in [5, 5.41) is 5.31. The molecule has 0 aromatic heterocycles. The van der Waals surface area contributed by atoms with Crippen LogP contribution in [0.1, 0.15) is 33.6 Å². The van der Waals surface area contributed by atoms with Crippen molar-refractivity contribution in [2.45, 2.75) is 39.7 Å². The van der Waals surface area contributed by atoms with Crippen LogP contribution in [-0.2, 0) is 9.59 Å². The quantitative estimate of drug-likeness (QED) is 0.574. The standard InChI is InChI=1S/C11H23N3O2/c1-4-13-11(16)9(3)14-10(15)6-5-8(2)7-12/h8-9H,4-7,12H2,1-3H3,(H,13,16)(H,14,15). The number of amides is 2. The van der Waals surface area contributed by atoms with Gasteiger partial charge < -0.3 is 16.4 Å². The van der Waals surface area contributed by atoms with Gasteiger partial charge >= 0.3 is 0 Å². The first-order chi connectivity index (χ1) is 7.51. The Balaban J connectivity index is 3.82. The second-order valence-electron chi connectivity index (χ2n) is 4.06. The Labute approximate surface area is 97.2 Å². The van der Waals surface area contributed by atoms with Crippen LogP contribution in [0.2, 0.25) is 0 Å². The van der Waals surface area contributed by atoms with E-state index in [0.717, 1.165) is 6.42 Å². The van der Waals surface area contributed by atoms with E-state index < -0.39 is 6.04 Å². The zero-order valence-corrected chi connectivity index (χ0v) is 10.4. The lowest BCUT2D eigenvalue weighted by molar-refractivity contribution is -0.128. The molecule has 0 aromatic rings. The fourth-order valence-corrected chi connectivity index (χ4v) is 1.20. The van der Waals surface area contributed by atoms with Gasteiger partial charge in [0.1, 0.15) is 6.04 Å². The van der Waals surface area contributed by atoms with Crippen molar-refractivity contribution >= 4 is 11.8 Å². The first-order valence-electron chi connectivity index (χ1n) is 5.78. The predicted molar refractivity (Wildman–Crippen MR) is 63.7 cm³/mol. The van der Waals surface area contributed by atoms with E-state index in [1.54, 1.807) is 6.92 Å². The molecule has 0 aliphatic rings. The van der Waals surface area contributed by atoms with Gasteiger partial charge in [-0.2, -0.15) is 0 Å². The predicted octanol–water partition coefficient (Wildman–Crippen LogP) is 0.00220. The van der Waals surface area contributed by atoms with Gasteiger partial charge in [0.25, 0.3) is 0 Å². The molecule has 0 saturated heterocycles. The minimum absolute atomic E-state index is 0.0981. The van der Waals surface area contributed by atoms with Gasteiger partial charge in [0.15, 0.2) is 0 Å². The van der Waals surface area contributed by atoms with Crippen LogP contribution in [0.4, 0.5) is 0 Å². The summed E-state index contributed by atoms with van der Waals surface area (Å²) in [5.74, 6) is 0.0901. The number of carbonyl (C=O) groups excluding carboxylic acids is 2. The molecule has 0 aromatic carbocycles. The van der Waals surface area contributed by atoms with Crippen molar-refractivity contribution in [3.05, 3.63) is 0 Å². The minimum atomic E-state index is -0.472. The molecule has 16 heavy (non-hydrogen) atoms. The van der Waals surface area contributed by atoms with Crippen LogP contribution in [0.15, 0.2) is 0 Å². The molecular formula is C11H23N3O2. The lowest BCUT2D eigenvalue weighted by Crippen LogP contribution is -2.44. The Morgan fingerprint density at radius 1 is 1.31 bits per heavy atom. The fraction of sp³-hybridized carbons (Fsp3) is 0.818. The number of hydrogen-bond donors (Lipinski definition) is 3. The van der Waals surface area contributed by atoms with E-state index in [-0.39, 0.29) is 11.8 Å². The maximum atomic E-state index is 11.5.